The molecule has 0 saturated carbocycles. The summed E-state index contributed by atoms with van der Waals surface area (Å²) in [7, 11) is 0. The van der Waals surface area contributed by atoms with Crippen molar-refractivity contribution >= 4 is 46.7 Å². The Morgan fingerprint density at radius 3 is 2.32 bits per heavy atom. The van der Waals surface area contributed by atoms with E-state index in [1.54, 1.807) is 24.3 Å². The molecular formula is C22H13ClF5N3OS2. The van der Waals surface area contributed by atoms with Crippen LogP contribution < -0.4 is 5.32 Å². The maximum absolute atomic E-state index is 13.7. The van der Waals surface area contributed by atoms with Crippen LogP contribution in [0.1, 0.15) is 11.1 Å². The standard InChI is InChI=1S/C22H13ClF5N3OS2/c23-13-3-5-14(6-4-13)30-19(32)11-33-20-16(10-29)17(22(26,27)28)9-18(31-20)12-1-7-15(8-2-12)34-21(24)25/h1-9,21H,11H2,(H,30,32). The Morgan fingerprint density at radius 1 is 1.12 bits per heavy atom. The number of carbonyl (C=O) groups is 1. The predicted octanol–water partition coefficient (Wildman–Crippen LogP) is 7.34. The second-order valence-electron chi connectivity index (χ2n) is 6.59. The average Bonchev–Trinajstić information content (AvgIpc) is 2.78. The fourth-order valence-corrected chi connectivity index (χ4v) is 4.20. The molecule has 12 heteroatoms. The lowest BCUT2D eigenvalue weighted by Crippen LogP contribution is -2.15. The van der Waals surface area contributed by atoms with Gasteiger partial charge in [0.2, 0.25) is 5.91 Å². The van der Waals surface area contributed by atoms with Crippen LogP contribution >= 0.6 is 35.1 Å². The molecule has 0 atom stereocenters. The number of rotatable bonds is 7. The molecule has 0 unspecified atom stereocenters. The van der Waals surface area contributed by atoms with E-state index in [9.17, 15) is 32.0 Å². The Labute approximate surface area is 204 Å². The molecule has 3 rings (SSSR count). The van der Waals surface area contributed by atoms with Crippen LogP contribution in [0.2, 0.25) is 5.02 Å². The number of anilines is 1. The molecule has 0 fully saturated rings. The van der Waals surface area contributed by atoms with Crippen molar-refractivity contribution in [2.45, 2.75) is 21.9 Å². The van der Waals surface area contributed by atoms with Crippen LogP contribution in [0.5, 0.6) is 0 Å². The normalized spacial score (nSPS) is 11.4. The fourth-order valence-electron chi connectivity index (χ4n) is 2.78. The minimum Gasteiger partial charge on any atom is -0.325 e. The molecular weight excluding hydrogens is 517 g/mol. The largest absolute Gasteiger partial charge is 0.417 e. The summed E-state index contributed by atoms with van der Waals surface area (Å²) in [4.78, 5) is 16.7. The van der Waals surface area contributed by atoms with E-state index in [4.69, 9.17) is 11.6 Å². The van der Waals surface area contributed by atoms with Gasteiger partial charge in [-0.15, -0.1) is 0 Å². The highest BCUT2D eigenvalue weighted by molar-refractivity contribution is 8.00. The first-order valence-corrected chi connectivity index (χ1v) is 11.6. The van der Waals surface area contributed by atoms with Gasteiger partial charge >= 0.3 is 6.18 Å². The first-order valence-electron chi connectivity index (χ1n) is 9.32. The molecule has 2 aromatic carbocycles. The molecule has 4 nitrogen and oxygen atoms in total. The summed E-state index contributed by atoms with van der Waals surface area (Å²) in [6.45, 7) is 0. The summed E-state index contributed by atoms with van der Waals surface area (Å²) in [5, 5.41) is 12.1. The van der Waals surface area contributed by atoms with E-state index in [2.05, 4.69) is 10.3 Å². The number of nitrogens with one attached hydrogen (secondary N) is 1. The number of hydrogen-bond donors (Lipinski definition) is 1. The number of carbonyl (C=O) groups excluding carboxylic acids is 1. The SMILES string of the molecule is N#Cc1c(C(F)(F)F)cc(-c2ccc(SC(F)F)cc2)nc1SCC(=O)Nc1ccc(Cl)cc1. The highest BCUT2D eigenvalue weighted by Crippen LogP contribution is 2.38. The van der Waals surface area contributed by atoms with E-state index in [0.717, 1.165) is 6.07 Å². The number of benzene rings is 2. The van der Waals surface area contributed by atoms with Crippen molar-refractivity contribution in [3.63, 3.8) is 0 Å². The lowest BCUT2D eigenvalue weighted by Gasteiger charge is -2.14. The van der Waals surface area contributed by atoms with E-state index in [0.29, 0.717) is 34.2 Å². The Hall–Kier alpha value is -2.81. The van der Waals surface area contributed by atoms with Gasteiger partial charge < -0.3 is 5.32 Å². The van der Waals surface area contributed by atoms with Gasteiger partial charge in [-0.1, -0.05) is 47.3 Å². The van der Waals surface area contributed by atoms with Crippen LogP contribution in [0.4, 0.5) is 27.6 Å². The van der Waals surface area contributed by atoms with Gasteiger partial charge in [0.25, 0.3) is 5.76 Å². The molecule has 0 aliphatic heterocycles. The fraction of sp³-hybridized carbons (Fsp3) is 0.136. The summed E-state index contributed by atoms with van der Waals surface area (Å²) < 4.78 is 66.1. The third-order valence-corrected chi connectivity index (χ3v) is 6.20. The molecule has 3 aromatic rings. The van der Waals surface area contributed by atoms with Gasteiger partial charge in [0, 0.05) is 21.2 Å². The molecule has 0 aliphatic rings. The molecule has 1 amide bonds. The molecule has 0 radical (unpaired) electrons. The Morgan fingerprint density at radius 2 is 1.76 bits per heavy atom. The zero-order valence-corrected chi connectivity index (χ0v) is 19.3. The quantitative estimate of drug-likeness (QED) is 0.256. The van der Waals surface area contributed by atoms with Crippen molar-refractivity contribution in [2.75, 3.05) is 11.1 Å². The maximum Gasteiger partial charge on any atom is 0.417 e. The van der Waals surface area contributed by atoms with Crippen LogP contribution in [0.15, 0.2) is 64.5 Å². The van der Waals surface area contributed by atoms with Crippen molar-refractivity contribution in [2.24, 2.45) is 0 Å². The Balaban J connectivity index is 1.90. The van der Waals surface area contributed by atoms with Crippen molar-refractivity contribution < 1.29 is 26.7 Å². The predicted molar refractivity (Wildman–Crippen MR) is 122 cm³/mol. The van der Waals surface area contributed by atoms with Gasteiger partial charge in [0.1, 0.15) is 11.1 Å². The molecule has 1 N–H and O–H groups in total. The van der Waals surface area contributed by atoms with Crippen molar-refractivity contribution in [3.05, 3.63) is 70.7 Å². The van der Waals surface area contributed by atoms with E-state index in [-0.39, 0.29) is 26.9 Å². The van der Waals surface area contributed by atoms with Gasteiger partial charge in [-0.2, -0.15) is 27.2 Å². The summed E-state index contributed by atoms with van der Waals surface area (Å²) in [6.07, 6.45) is -4.85. The minimum absolute atomic E-state index is 0.111. The molecule has 34 heavy (non-hydrogen) atoms. The van der Waals surface area contributed by atoms with Crippen molar-refractivity contribution in [3.8, 4) is 17.3 Å². The lowest BCUT2D eigenvalue weighted by molar-refractivity contribution is -0.138. The third kappa shape index (κ3) is 6.85. The monoisotopic (exact) mass is 529 g/mol. The van der Waals surface area contributed by atoms with Crippen LogP contribution in [-0.4, -0.2) is 22.4 Å². The number of halogens is 6. The lowest BCUT2D eigenvalue weighted by atomic mass is 10.1. The van der Waals surface area contributed by atoms with Crippen LogP contribution in [0.25, 0.3) is 11.3 Å². The number of nitriles is 1. The minimum atomic E-state index is -4.85. The van der Waals surface area contributed by atoms with Gasteiger partial charge in [-0.05, 0) is 42.5 Å². The van der Waals surface area contributed by atoms with Crippen LogP contribution in [0.3, 0.4) is 0 Å². The number of pyridine rings is 1. The van der Waals surface area contributed by atoms with Crippen LogP contribution in [-0.2, 0) is 11.0 Å². The molecule has 1 aromatic heterocycles. The molecule has 1 heterocycles. The van der Waals surface area contributed by atoms with Gasteiger partial charge in [0.15, 0.2) is 0 Å². The molecule has 0 bridgehead atoms. The maximum atomic E-state index is 13.7. The molecule has 0 saturated heterocycles. The van der Waals surface area contributed by atoms with Crippen molar-refractivity contribution in [1.82, 2.24) is 4.98 Å². The first kappa shape index (κ1) is 25.8. The summed E-state index contributed by atoms with van der Waals surface area (Å²) >= 11 is 6.77. The highest BCUT2D eigenvalue weighted by atomic mass is 35.5. The Kier molecular flexibility index (Phi) is 8.41. The van der Waals surface area contributed by atoms with Crippen molar-refractivity contribution in [1.29, 1.82) is 5.26 Å². The van der Waals surface area contributed by atoms with Gasteiger partial charge in [-0.25, -0.2) is 4.98 Å². The summed E-state index contributed by atoms with van der Waals surface area (Å²) in [5.74, 6) is -3.47. The number of aromatic nitrogens is 1. The summed E-state index contributed by atoms with van der Waals surface area (Å²) in [5.41, 5.74) is -1.34. The zero-order valence-electron chi connectivity index (χ0n) is 16.9. The number of hydrogen-bond acceptors (Lipinski definition) is 5. The van der Waals surface area contributed by atoms with E-state index in [1.807, 2.05) is 0 Å². The second kappa shape index (κ2) is 11.1. The average molecular weight is 530 g/mol. The molecule has 0 aliphatic carbocycles. The number of nitrogens with zero attached hydrogens (tertiary/aromatic N) is 2. The second-order valence-corrected chi connectivity index (χ2v) is 9.06. The third-order valence-electron chi connectivity index (χ3n) is 4.25. The van der Waals surface area contributed by atoms with Gasteiger partial charge in [0.05, 0.1) is 22.6 Å². The summed E-state index contributed by atoms with van der Waals surface area (Å²) in [6, 6.07) is 13.9. The van der Waals surface area contributed by atoms with E-state index < -0.39 is 29.0 Å². The zero-order chi connectivity index (χ0) is 24.9. The number of alkyl halides is 5. The molecule has 176 valence electrons. The van der Waals surface area contributed by atoms with Crippen LogP contribution in [0, 0.1) is 11.3 Å². The highest BCUT2D eigenvalue weighted by Gasteiger charge is 2.36. The topological polar surface area (TPSA) is 65.8 Å². The number of amides is 1. The Bertz CT molecular complexity index is 1210. The van der Waals surface area contributed by atoms with E-state index in [1.165, 1.54) is 30.3 Å². The smallest absolute Gasteiger partial charge is 0.325 e. The first-order chi connectivity index (χ1) is 16.1. The van der Waals surface area contributed by atoms with Gasteiger partial charge in [-0.3, -0.25) is 4.79 Å². The van der Waals surface area contributed by atoms with E-state index >= 15 is 0 Å². The number of thioether (sulfide) groups is 2. The molecule has 0 spiro atoms.